The van der Waals surface area contributed by atoms with Crippen LogP contribution in [0.2, 0.25) is 0 Å². The fourth-order valence-electron chi connectivity index (χ4n) is 1.63. The molecule has 0 heterocycles. The predicted octanol–water partition coefficient (Wildman–Crippen LogP) is 1.23. The van der Waals surface area contributed by atoms with Crippen molar-refractivity contribution < 1.29 is 19.5 Å². The standard InChI is InChI=1S/C17H33N3O4S/c1-16(2,3)11-25-8-7-13(21)20-12(15(23)24)9-18-14(22)10-19-17(4,5)6/h12,19H,7-11H2,1-6H3,(H,18,22)(H,20,21)(H,23,24)/t12-/m1/s1. The number of carboxylic acid groups (broad SMARTS) is 1. The highest BCUT2D eigenvalue weighted by Crippen LogP contribution is 2.20. The predicted molar refractivity (Wildman–Crippen MR) is 102 cm³/mol. The molecule has 0 rings (SSSR count). The van der Waals surface area contributed by atoms with Crippen molar-refractivity contribution in [2.24, 2.45) is 5.41 Å². The minimum Gasteiger partial charge on any atom is -0.480 e. The van der Waals surface area contributed by atoms with Gasteiger partial charge < -0.3 is 21.1 Å². The lowest BCUT2D eigenvalue weighted by Gasteiger charge is -2.21. The van der Waals surface area contributed by atoms with E-state index in [1.165, 1.54) is 0 Å². The largest absolute Gasteiger partial charge is 0.480 e. The summed E-state index contributed by atoms with van der Waals surface area (Å²) in [7, 11) is 0. The van der Waals surface area contributed by atoms with Crippen LogP contribution in [0, 0.1) is 5.41 Å². The molecule has 0 aromatic heterocycles. The molecule has 0 unspecified atom stereocenters. The summed E-state index contributed by atoms with van der Waals surface area (Å²) in [5.41, 5.74) is -0.0153. The maximum Gasteiger partial charge on any atom is 0.328 e. The monoisotopic (exact) mass is 375 g/mol. The van der Waals surface area contributed by atoms with E-state index in [-0.39, 0.29) is 42.3 Å². The Morgan fingerprint density at radius 2 is 1.64 bits per heavy atom. The normalized spacial score (nSPS) is 13.2. The average molecular weight is 376 g/mol. The van der Waals surface area contributed by atoms with Crippen molar-refractivity contribution in [3.05, 3.63) is 0 Å². The van der Waals surface area contributed by atoms with Crippen LogP contribution in [0.5, 0.6) is 0 Å². The minimum absolute atomic E-state index is 0.0905. The molecule has 0 aromatic carbocycles. The summed E-state index contributed by atoms with van der Waals surface area (Å²) in [5.74, 6) is -0.233. The average Bonchev–Trinajstić information content (AvgIpc) is 2.43. The number of thioether (sulfide) groups is 1. The third-order valence-electron chi connectivity index (χ3n) is 2.92. The maximum atomic E-state index is 11.9. The van der Waals surface area contributed by atoms with Crippen molar-refractivity contribution in [3.63, 3.8) is 0 Å². The van der Waals surface area contributed by atoms with Crippen molar-refractivity contribution in [1.82, 2.24) is 16.0 Å². The Morgan fingerprint density at radius 3 is 2.12 bits per heavy atom. The molecule has 0 saturated carbocycles. The molecule has 0 spiro atoms. The molecule has 0 aromatic rings. The number of rotatable bonds is 10. The third-order valence-corrected chi connectivity index (χ3v) is 4.49. The van der Waals surface area contributed by atoms with E-state index in [1.807, 2.05) is 20.8 Å². The van der Waals surface area contributed by atoms with Crippen molar-refractivity contribution in [1.29, 1.82) is 0 Å². The van der Waals surface area contributed by atoms with Crippen LogP contribution in [0.3, 0.4) is 0 Å². The number of hydrogen-bond acceptors (Lipinski definition) is 5. The Bertz CT molecular complexity index is 456. The highest BCUT2D eigenvalue weighted by atomic mass is 32.2. The summed E-state index contributed by atoms with van der Waals surface area (Å²) in [6, 6.07) is -1.13. The zero-order valence-corrected chi connectivity index (χ0v) is 17.0. The quantitative estimate of drug-likeness (QED) is 0.428. The van der Waals surface area contributed by atoms with Crippen LogP contribution in [-0.2, 0) is 14.4 Å². The van der Waals surface area contributed by atoms with E-state index in [4.69, 9.17) is 0 Å². The summed E-state index contributed by atoms with van der Waals surface area (Å²) in [4.78, 5) is 34.8. The van der Waals surface area contributed by atoms with E-state index in [9.17, 15) is 19.5 Å². The Balaban J connectivity index is 4.18. The second kappa shape index (κ2) is 10.7. The van der Waals surface area contributed by atoms with Crippen LogP contribution < -0.4 is 16.0 Å². The van der Waals surface area contributed by atoms with Gasteiger partial charge >= 0.3 is 5.97 Å². The third kappa shape index (κ3) is 14.7. The van der Waals surface area contributed by atoms with Crippen LogP contribution in [0.4, 0.5) is 0 Å². The number of aliphatic carboxylic acids is 1. The topological polar surface area (TPSA) is 108 Å². The van der Waals surface area contributed by atoms with Gasteiger partial charge in [-0.3, -0.25) is 9.59 Å². The number of carboxylic acids is 1. The molecule has 25 heavy (non-hydrogen) atoms. The SMILES string of the molecule is CC(C)(C)CSCCC(=O)N[C@H](CNC(=O)CNC(C)(C)C)C(=O)O. The Kier molecular flexibility index (Phi) is 10.1. The molecule has 2 amide bonds. The van der Waals surface area contributed by atoms with E-state index in [2.05, 4.69) is 36.7 Å². The molecule has 0 aliphatic carbocycles. The van der Waals surface area contributed by atoms with Crippen LogP contribution in [0.25, 0.3) is 0 Å². The summed E-state index contributed by atoms with van der Waals surface area (Å²) in [6.07, 6.45) is 0.254. The van der Waals surface area contributed by atoms with Crippen LogP contribution >= 0.6 is 11.8 Å². The van der Waals surface area contributed by atoms with Crippen molar-refractivity contribution >= 4 is 29.5 Å². The smallest absolute Gasteiger partial charge is 0.328 e. The van der Waals surface area contributed by atoms with Gasteiger partial charge in [0.2, 0.25) is 11.8 Å². The van der Waals surface area contributed by atoms with Crippen molar-refractivity contribution in [2.75, 3.05) is 24.6 Å². The number of hydrogen-bond donors (Lipinski definition) is 4. The van der Waals surface area contributed by atoms with Crippen LogP contribution in [-0.4, -0.2) is 59.1 Å². The molecule has 0 bridgehead atoms. The second-order valence-corrected chi connectivity index (χ2v) is 9.33. The first kappa shape index (κ1) is 23.7. The lowest BCUT2D eigenvalue weighted by atomic mass is 10.0. The van der Waals surface area contributed by atoms with Gasteiger partial charge in [-0.1, -0.05) is 20.8 Å². The molecular weight excluding hydrogens is 342 g/mol. The van der Waals surface area contributed by atoms with Gasteiger partial charge in [-0.25, -0.2) is 4.79 Å². The highest BCUT2D eigenvalue weighted by molar-refractivity contribution is 7.99. The maximum absolute atomic E-state index is 11.9. The Morgan fingerprint density at radius 1 is 1.04 bits per heavy atom. The molecule has 0 saturated heterocycles. The van der Waals surface area contributed by atoms with Crippen LogP contribution in [0.1, 0.15) is 48.0 Å². The summed E-state index contributed by atoms with van der Waals surface area (Å²) < 4.78 is 0. The van der Waals surface area contributed by atoms with Crippen molar-refractivity contribution in [3.8, 4) is 0 Å². The van der Waals surface area contributed by atoms with E-state index in [1.54, 1.807) is 11.8 Å². The fraction of sp³-hybridized carbons (Fsp3) is 0.824. The van der Waals surface area contributed by atoms with E-state index in [0.717, 1.165) is 5.75 Å². The summed E-state index contributed by atoms with van der Waals surface area (Å²) in [5, 5.41) is 17.2. The molecule has 8 heteroatoms. The fourth-order valence-corrected chi connectivity index (χ4v) is 2.72. The number of amides is 2. The van der Waals surface area contributed by atoms with Gasteiger partial charge in [0.15, 0.2) is 0 Å². The van der Waals surface area contributed by atoms with Gasteiger partial charge in [0.05, 0.1) is 6.54 Å². The lowest BCUT2D eigenvalue weighted by molar-refractivity contribution is -0.141. The molecule has 4 N–H and O–H groups in total. The molecule has 0 fully saturated rings. The minimum atomic E-state index is -1.17. The molecule has 0 aliphatic heterocycles. The van der Waals surface area contributed by atoms with Gasteiger partial charge in [0.1, 0.15) is 6.04 Å². The van der Waals surface area contributed by atoms with Gasteiger partial charge in [-0.15, -0.1) is 0 Å². The molecule has 1 atom stereocenters. The van der Waals surface area contributed by atoms with Gasteiger partial charge in [-0.2, -0.15) is 11.8 Å². The zero-order valence-electron chi connectivity index (χ0n) is 16.2. The number of carbonyl (C=O) groups is 3. The number of carbonyl (C=O) groups excluding carboxylic acids is 2. The molecule has 7 nitrogen and oxygen atoms in total. The first-order chi connectivity index (χ1) is 11.3. The number of nitrogens with one attached hydrogen (secondary N) is 3. The van der Waals surface area contributed by atoms with Crippen LogP contribution in [0.15, 0.2) is 0 Å². The van der Waals surface area contributed by atoms with E-state index < -0.39 is 12.0 Å². The van der Waals surface area contributed by atoms with Crippen molar-refractivity contribution in [2.45, 2.75) is 59.5 Å². The molecule has 0 radical (unpaired) electrons. The van der Waals surface area contributed by atoms with Gasteiger partial charge in [0, 0.05) is 24.3 Å². The molecule has 146 valence electrons. The van der Waals surface area contributed by atoms with Gasteiger partial charge in [-0.05, 0) is 31.9 Å². The highest BCUT2D eigenvalue weighted by Gasteiger charge is 2.21. The van der Waals surface area contributed by atoms with E-state index in [0.29, 0.717) is 5.75 Å². The summed E-state index contributed by atoms with van der Waals surface area (Å²) in [6.45, 7) is 12.1. The first-order valence-electron chi connectivity index (χ1n) is 8.42. The Labute approximate surface area is 155 Å². The molecule has 0 aliphatic rings. The lowest BCUT2D eigenvalue weighted by Crippen LogP contribution is -2.50. The zero-order chi connectivity index (χ0) is 19.7. The van der Waals surface area contributed by atoms with E-state index >= 15 is 0 Å². The Hall–Kier alpha value is -1.28. The second-order valence-electron chi connectivity index (χ2n) is 8.23. The summed E-state index contributed by atoms with van der Waals surface area (Å²) >= 11 is 1.66. The first-order valence-corrected chi connectivity index (χ1v) is 9.57. The molecular formula is C17H33N3O4S. The van der Waals surface area contributed by atoms with Gasteiger partial charge in [0.25, 0.3) is 0 Å².